The fourth-order valence-corrected chi connectivity index (χ4v) is 1.79. The highest BCUT2D eigenvalue weighted by Crippen LogP contribution is 2.27. The number of halogens is 5. The zero-order valence-corrected chi connectivity index (χ0v) is 10.8. The summed E-state index contributed by atoms with van der Waals surface area (Å²) in [6.45, 7) is -1.37. The lowest BCUT2D eigenvalue weighted by molar-refractivity contribution is -0.174. The standard InChI is InChI=1S/C11H12Cl2F3NO/c12-7-1-2-9(13)8(5-7)10(17)3-4-18-6-11(14,15)16/h1-2,5,10H,3-4,6,17H2. The van der Waals surface area contributed by atoms with Gasteiger partial charge < -0.3 is 10.5 Å². The van der Waals surface area contributed by atoms with Gasteiger partial charge in [-0.3, -0.25) is 0 Å². The van der Waals surface area contributed by atoms with Crippen molar-refractivity contribution in [3.8, 4) is 0 Å². The largest absolute Gasteiger partial charge is 0.411 e. The van der Waals surface area contributed by atoms with Crippen molar-refractivity contribution in [2.75, 3.05) is 13.2 Å². The number of ether oxygens (including phenoxy) is 1. The molecule has 0 bridgehead atoms. The van der Waals surface area contributed by atoms with Gasteiger partial charge in [0.15, 0.2) is 0 Å². The molecule has 2 N–H and O–H groups in total. The molecule has 7 heteroatoms. The average Bonchev–Trinajstić information content (AvgIpc) is 2.26. The average molecular weight is 302 g/mol. The molecule has 18 heavy (non-hydrogen) atoms. The van der Waals surface area contributed by atoms with Crippen LogP contribution in [0.2, 0.25) is 10.0 Å². The van der Waals surface area contributed by atoms with Crippen LogP contribution in [-0.4, -0.2) is 19.4 Å². The molecule has 0 saturated heterocycles. The van der Waals surface area contributed by atoms with Crippen LogP contribution in [0.1, 0.15) is 18.0 Å². The van der Waals surface area contributed by atoms with Crippen LogP contribution in [0.25, 0.3) is 0 Å². The van der Waals surface area contributed by atoms with Crippen LogP contribution in [0.4, 0.5) is 13.2 Å². The lowest BCUT2D eigenvalue weighted by Crippen LogP contribution is -2.20. The summed E-state index contributed by atoms with van der Waals surface area (Å²) in [6.07, 6.45) is -4.09. The van der Waals surface area contributed by atoms with E-state index in [0.29, 0.717) is 15.6 Å². The first-order valence-electron chi connectivity index (χ1n) is 5.14. The Morgan fingerprint density at radius 2 is 1.94 bits per heavy atom. The summed E-state index contributed by atoms with van der Waals surface area (Å²) in [5, 5.41) is 0.906. The predicted molar refractivity (Wildman–Crippen MR) is 64.9 cm³/mol. The first kappa shape index (κ1) is 15.6. The Balaban J connectivity index is 2.45. The molecule has 1 rings (SSSR count). The van der Waals surface area contributed by atoms with Crippen LogP contribution in [0.5, 0.6) is 0 Å². The molecular formula is C11H12Cl2F3NO. The van der Waals surface area contributed by atoms with Gasteiger partial charge in [0.2, 0.25) is 0 Å². The topological polar surface area (TPSA) is 35.2 Å². The van der Waals surface area contributed by atoms with Crippen molar-refractivity contribution in [3.63, 3.8) is 0 Å². The van der Waals surface area contributed by atoms with Gasteiger partial charge in [-0.05, 0) is 30.2 Å². The molecule has 0 radical (unpaired) electrons. The van der Waals surface area contributed by atoms with E-state index < -0.39 is 18.8 Å². The molecule has 1 aromatic rings. The van der Waals surface area contributed by atoms with E-state index in [1.54, 1.807) is 18.2 Å². The number of nitrogens with two attached hydrogens (primary N) is 1. The van der Waals surface area contributed by atoms with Gasteiger partial charge in [0.1, 0.15) is 6.61 Å². The molecule has 102 valence electrons. The third kappa shape index (κ3) is 5.44. The maximum Gasteiger partial charge on any atom is 0.411 e. The Bertz CT molecular complexity index is 398. The van der Waals surface area contributed by atoms with E-state index in [1.807, 2.05) is 0 Å². The van der Waals surface area contributed by atoms with E-state index in [0.717, 1.165) is 0 Å². The molecule has 0 aliphatic heterocycles. The van der Waals surface area contributed by atoms with Crippen molar-refractivity contribution in [2.24, 2.45) is 5.73 Å². The summed E-state index contributed by atoms with van der Waals surface area (Å²) >= 11 is 11.7. The monoisotopic (exact) mass is 301 g/mol. The van der Waals surface area contributed by atoms with E-state index in [4.69, 9.17) is 28.9 Å². The molecule has 1 unspecified atom stereocenters. The van der Waals surface area contributed by atoms with Crippen molar-refractivity contribution in [1.29, 1.82) is 0 Å². The van der Waals surface area contributed by atoms with Gasteiger partial charge in [0.25, 0.3) is 0 Å². The van der Waals surface area contributed by atoms with Crippen LogP contribution in [0, 0.1) is 0 Å². The highest BCUT2D eigenvalue weighted by Gasteiger charge is 2.27. The number of hydrogen-bond donors (Lipinski definition) is 1. The number of alkyl halides is 3. The zero-order valence-electron chi connectivity index (χ0n) is 9.31. The summed E-state index contributed by atoms with van der Waals surface area (Å²) in [6, 6.07) is 4.29. The third-order valence-electron chi connectivity index (χ3n) is 2.20. The highest BCUT2D eigenvalue weighted by molar-refractivity contribution is 6.33. The summed E-state index contributed by atoms with van der Waals surface area (Å²) in [5.41, 5.74) is 6.41. The van der Waals surface area contributed by atoms with E-state index in [-0.39, 0.29) is 13.0 Å². The second kappa shape index (κ2) is 6.61. The van der Waals surface area contributed by atoms with Crippen LogP contribution in [-0.2, 0) is 4.74 Å². The SMILES string of the molecule is NC(CCOCC(F)(F)F)c1cc(Cl)ccc1Cl. The summed E-state index contributed by atoms with van der Waals surface area (Å²) in [5.74, 6) is 0. The van der Waals surface area contributed by atoms with Gasteiger partial charge in [-0.25, -0.2) is 0 Å². The summed E-state index contributed by atoms with van der Waals surface area (Å²) in [7, 11) is 0. The molecule has 0 spiro atoms. The van der Waals surface area contributed by atoms with Gasteiger partial charge in [-0.15, -0.1) is 0 Å². The van der Waals surface area contributed by atoms with Crippen molar-refractivity contribution in [3.05, 3.63) is 33.8 Å². The molecule has 0 fully saturated rings. The number of benzene rings is 1. The van der Waals surface area contributed by atoms with Crippen LogP contribution < -0.4 is 5.73 Å². The van der Waals surface area contributed by atoms with Crippen LogP contribution >= 0.6 is 23.2 Å². The van der Waals surface area contributed by atoms with Crippen LogP contribution in [0.15, 0.2) is 18.2 Å². The Kier molecular flexibility index (Phi) is 5.72. The first-order chi connectivity index (χ1) is 8.29. The van der Waals surface area contributed by atoms with E-state index >= 15 is 0 Å². The molecular weight excluding hydrogens is 290 g/mol. The normalized spacial score (nSPS) is 13.7. The van der Waals surface area contributed by atoms with Crippen molar-refractivity contribution >= 4 is 23.2 Å². The molecule has 1 aromatic carbocycles. The molecule has 0 saturated carbocycles. The quantitative estimate of drug-likeness (QED) is 0.836. The van der Waals surface area contributed by atoms with Crippen molar-refractivity contribution < 1.29 is 17.9 Å². The molecule has 1 atom stereocenters. The van der Waals surface area contributed by atoms with Gasteiger partial charge in [0.05, 0.1) is 0 Å². The molecule has 0 amide bonds. The number of rotatable bonds is 5. The smallest absolute Gasteiger partial charge is 0.372 e. The fourth-order valence-electron chi connectivity index (χ4n) is 1.35. The lowest BCUT2D eigenvalue weighted by Gasteiger charge is -2.14. The predicted octanol–water partition coefficient (Wildman–Crippen LogP) is 3.96. The summed E-state index contributed by atoms with van der Waals surface area (Å²) < 4.78 is 40.0. The minimum absolute atomic E-state index is 0.0937. The Morgan fingerprint density at radius 1 is 1.28 bits per heavy atom. The van der Waals surface area contributed by atoms with Crippen molar-refractivity contribution in [1.82, 2.24) is 0 Å². The third-order valence-corrected chi connectivity index (χ3v) is 2.78. The highest BCUT2D eigenvalue weighted by atomic mass is 35.5. The molecule has 0 heterocycles. The van der Waals surface area contributed by atoms with Gasteiger partial charge in [0, 0.05) is 22.7 Å². The summed E-state index contributed by atoms with van der Waals surface area (Å²) in [4.78, 5) is 0. The lowest BCUT2D eigenvalue weighted by atomic mass is 10.1. The fraction of sp³-hybridized carbons (Fsp3) is 0.455. The molecule has 0 aromatic heterocycles. The van der Waals surface area contributed by atoms with E-state index in [1.165, 1.54) is 0 Å². The minimum atomic E-state index is -4.32. The van der Waals surface area contributed by atoms with Crippen molar-refractivity contribution in [2.45, 2.75) is 18.6 Å². The molecule has 0 aliphatic carbocycles. The number of hydrogen-bond acceptors (Lipinski definition) is 2. The minimum Gasteiger partial charge on any atom is -0.372 e. The second-order valence-corrected chi connectivity index (χ2v) is 4.57. The van der Waals surface area contributed by atoms with Gasteiger partial charge in [-0.1, -0.05) is 23.2 Å². The Morgan fingerprint density at radius 3 is 2.56 bits per heavy atom. The second-order valence-electron chi connectivity index (χ2n) is 3.73. The maximum absolute atomic E-state index is 11.8. The Labute approximate surface area is 113 Å². The molecule has 2 nitrogen and oxygen atoms in total. The Hall–Kier alpha value is -0.490. The molecule has 0 aliphatic rings. The van der Waals surface area contributed by atoms with Gasteiger partial charge >= 0.3 is 6.18 Å². The van der Waals surface area contributed by atoms with Gasteiger partial charge in [-0.2, -0.15) is 13.2 Å². The zero-order chi connectivity index (χ0) is 13.8. The van der Waals surface area contributed by atoms with E-state index in [9.17, 15) is 13.2 Å². The van der Waals surface area contributed by atoms with E-state index in [2.05, 4.69) is 4.74 Å². The maximum atomic E-state index is 11.8. The first-order valence-corrected chi connectivity index (χ1v) is 5.90. The van der Waals surface area contributed by atoms with Crippen LogP contribution in [0.3, 0.4) is 0 Å².